The molecule has 128 valence electrons. The first-order chi connectivity index (χ1) is 10.2. The van der Waals surface area contributed by atoms with Crippen molar-refractivity contribution in [3.05, 3.63) is 12.2 Å². The molecule has 0 aromatic carbocycles. The highest BCUT2D eigenvalue weighted by Crippen LogP contribution is 2.12. The molecule has 0 fully saturated rings. The van der Waals surface area contributed by atoms with E-state index in [-0.39, 0.29) is 0 Å². The third kappa shape index (κ3) is 12.4. The van der Waals surface area contributed by atoms with Crippen LogP contribution in [-0.2, 0) is 19.1 Å². The SMILES string of the molecule is CC(C)CC(C)COC(=O)C=CC(=O)OCC(C)CC(C)C. The van der Waals surface area contributed by atoms with Crippen LogP contribution in [0.25, 0.3) is 0 Å². The van der Waals surface area contributed by atoms with Crippen LogP contribution in [0, 0.1) is 23.7 Å². The number of ether oxygens (including phenoxy) is 2. The first-order valence-corrected chi connectivity index (χ1v) is 8.22. The lowest BCUT2D eigenvalue weighted by atomic mass is 10.00. The standard InChI is InChI=1S/C18H32O4/c1-13(2)9-15(5)11-21-17(19)7-8-18(20)22-12-16(6)10-14(3)4/h7-8,13-16H,9-12H2,1-6H3. The smallest absolute Gasteiger partial charge is 0.331 e. The number of esters is 2. The van der Waals surface area contributed by atoms with E-state index in [9.17, 15) is 9.59 Å². The molecule has 0 aromatic heterocycles. The molecule has 0 radical (unpaired) electrons. The number of hydrogen-bond donors (Lipinski definition) is 0. The molecule has 0 saturated carbocycles. The molecule has 0 spiro atoms. The first-order valence-electron chi connectivity index (χ1n) is 8.22. The normalized spacial score (nSPS) is 14.4. The van der Waals surface area contributed by atoms with Crippen molar-refractivity contribution in [1.29, 1.82) is 0 Å². The Labute approximate surface area is 135 Å². The van der Waals surface area contributed by atoms with E-state index in [1.807, 2.05) is 13.8 Å². The predicted molar refractivity (Wildman–Crippen MR) is 88.3 cm³/mol. The average molecular weight is 312 g/mol. The summed E-state index contributed by atoms with van der Waals surface area (Å²) < 4.78 is 10.2. The molecule has 2 atom stereocenters. The van der Waals surface area contributed by atoms with Crippen molar-refractivity contribution in [1.82, 2.24) is 0 Å². The molecule has 0 N–H and O–H groups in total. The quantitative estimate of drug-likeness (QED) is 0.452. The van der Waals surface area contributed by atoms with E-state index in [4.69, 9.17) is 9.47 Å². The Bertz CT molecular complexity index is 324. The highest BCUT2D eigenvalue weighted by atomic mass is 16.5. The van der Waals surface area contributed by atoms with Crippen molar-refractivity contribution in [3.8, 4) is 0 Å². The number of rotatable bonds is 10. The number of carbonyl (C=O) groups excluding carboxylic acids is 2. The minimum absolute atomic E-state index is 0.321. The topological polar surface area (TPSA) is 52.6 Å². The Morgan fingerprint density at radius 3 is 1.32 bits per heavy atom. The highest BCUT2D eigenvalue weighted by Gasteiger charge is 2.09. The van der Waals surface area contributed by atoms with E-state index in [0.717, 1.165) is 25.0 Å². The van der Waals surface area contributed by atoms with E-state index in [0.29, 0.717) is 36.9 Å². The molecule has 0 amide bonds. The van der Waals surface area contributed by atoms with E-state index in [2.05, 4.69) is 27.7 Å². The lowest BCUT2D eigenvalue weighted by Crippen LogP contribution is -2.14. The van der Waals surface area contributed by atoms with Gasteiger partial charge in [0.25, 0.3) is 0 Å². The fourth-order valence-electron chi connectivity index (χ4n) is 2.43. The van der Waals surface area contributed by atoms with Gasteiger partial charge in [-0.3, -0.25) is 0 Å². The molecule has 0 heterocycles. The average Bonchev–Trinajstić information content (AvgIpc) is 2.39. The summed E-state index contributed by atoms with van der Waals surface area (Å²) in [5, 5.41) is 0. The van der Waals surface area contributed by atoms with Gasteiger partial charge in [-0.25, -0.2) is 9.59 Å². The van der Waals surface area contributed by atoms with Gasteiger partial charge in [0.2, 0.25) is 0 Å². The van der Waals surface area contributed by atoms with Gasteiger partial charge in [0.1, 0.15) is 0 Å². The second-order valence-corrected chi connectivity index (χ2v) is 7.06. The molecule has 22 heavy (non-hydrogen) atoms. The summed E-state index contributed by atoms with van der Waals surface area (Å²) in [7, 11) is 0. The zero-order valence-corrected chi connectivity index (χ0v) is 14.9. The van der Waals surface area contributed by atoms with Crippen LogP contribution in [0.5, 0.6) is 0 Å². The van der Waals surface area contributed by atoms with E-state index >= 15 is 0 Å². The number of hydrogen-bond acceptors (Lipinski definition) is 4. The Morgan fingerprint density at radius 2 is 1.05 bits per heavy atom. The van der Waals surface area contributed by atoms with Crippen molar-refractivity contribution in [3.63, 3.8) is 0 Å². The fraction of sp³-hybridized carbons (Fsp3) is 0.778. The van der Waals surface area contributed by atoms with Crippen LogP contribution < -0.4 is 0 Å². The Kier molecular flexibility index (Phi) is 10.6. The first kappa shape index (κ1) is 20.7. The summed E-state index contributed by atoms with van der Waals surface area (Å²) in [6.45, 7) is 13.4. The van der Waals surface area contributed by atoms with Crippen molar-refractivity contribution in [2.24, 2.45) is 23.7 Å². The van der Waals surface area contributed by atoms with Gasteiger partial charge in [-0.2, -0.15) is 0 Å². The maximum atomic E-state index is 11.5. The van der Waals surface area contributed by atoms with Crippen LogP contribution in [0.1, 0.15) is 54.4 Å². The summed E-state index contributed by atoms with van der Waals surface area (Å²) in [5.41, 5.74) is 0. The third-order valence-electron chi connectivity index (χ3n) is 3.12. The summed E-state index contributed by atoms with van der Waals surface area (Å²) >= 11 is 0. The van der Waals surface area contributed by atoms with Gasteiger partial charge in [-0.15, -0.1) is 0 Å². The van der Waals surface area contributed by atoms with Gasteiger partial charge < -0.3 is 9.47 Å². The summed E-state index contributed by atoms with van der Waals surface area (Å²) in [5.74, 6) is 0.798. The van der Waals surface area contributed by atoms with Gasteiger partial charge >= 0.3 is 11.9 Å². The van der Waals surface area contributed by atoms with Crippen LogP contribution in [0.2, 0.25) is 0 Å². The molecule has 0 aliphatic heterocycles. The van der Waals surface area contributed by atoms with E-state index < -0.39 is 11.9 Å². The number of carbonyl (C=O) groups is 2. The molecule has 0 aliphatic carbocycles. The van der Waals surface area contributed by atoms with Crippen molar-refractivity contribution < 1.29 is 19.1 Å². The lowest BCUT2D eigenvalue weighted by molar-refractivity contribution is -0.141. The maximum Gasteiger partial charge on any atom is 0.331 e. The molecule has 0 aromatic rings. The van der Waals surface area contributed by atoms with Crippen LogP contribution in [-0.4, -0.2) is 25.2 Å². The van der Waals surface area contributed by atoms with E-state index in [1.165, 1.54) is 0 Å². The lowest BCUT2D eigenvalue weighted by Gasteiger charge is -2.13. The summed E-state index contributed by atoms with van der Waals surface area (Å²) in [6, 6.07) is 0. The zero-order chi connectivity index (χ0) is 17.1. The second kappa shape index (κ2) is 11.3. The monoisotopic (exact) mass is 312 g/mol. The van der Waals surface area contributed by atoms with Crippen molar-refractivity contribution in [2.45, 2.75) is 54.4 Å². The molecule has 0 bridgehead atoms. The molecule has 0 rings (SSSR count). The van der Waals surface area contributed by atoms with Crippen LogP contribution in [0.15, 0.2) is 12.2 Å². The largest absolute Gasteiger partial charge is 0.462 e. The van der Waals surface area contributed by atoms with Gasteiger partial charge in [-0.05, 0) is 36.5 Å². The molecule has 0 saturated heterocycles. The molecule has 0 aliphatic rings. The van der Waals surface area contributed by atoms with Gasteiger partial charge in [0.15, 0.2) is 0 Å². The van der Waals surface area contributed by atoms with Crippen LogP contribution >= 0.6 is 0 Å². The minimum Gasteiger partial charge on any atom is -0.462 e. The molecule has 4 heteroatoms. The predicted octanol–water partition coefficient (Wildman–Crippen LogP) is 3.99. The van der Waals surface area contributed by atoms with Crippen molar-refractivity contribution in [2.75, 3.05) is 13.2 Å². The molecular weight excluding hydrogens is 280 g/mol. The molecular formula is C18H32O4. The van der Waals surface area contributed by atoms with Gasteiger partial charge in [-0.1, -0.05) is 41.5 Å². The zero-order valence-electron chi connectivity index (χ0n) is 14.9. The summed E-state index contributed by atoms with van der Waals surface area (Å²) in [6.07, 6.45) is 4.29. The summed E-state index contributed by atoms with van der Waals surface area (Å²) in [4.78, 5) is 23.0. The van der Waals surface area contributed by atoms with Gasteiger partial charge in [0.05, 0.1) is 13.2 Å². The molecule has 2 unspecified atom stereocenters. The highest BCUT2D eigenvalue weighted by molar-refractivity contribution is 5.91. The second-order valence-electron chi connectivity index (χ2n) is 7.06. The van der Waals surface area contributed by atoms with Gasteiger partial charge in [0, 0.05) is 12.2 Å². The Hall–Kier alpha value is -1.32. The minimum atomic E-state index is -0.497. The maximum absolute atomic E-state index is 11.5. The van der Waals surface area contributed by atoms with Crippen molar-refractivity contribution >= 4 is 11.9 Å². The van der Waals surface area contributed by atoms with Crippen LogP contribution in [0.3, 0.4) is 0 Å². The van der Waals surface area contributed by atoms with Crippen LogP contribution in [0.4, 0.5) is 0 Å². The fourth-order valence-corrected chi connectivity index (χ4v) is 2.43. The molecule has 4 nitrogen and oxygen atoms in total. The third-order valence-corrected chi connectivity index (χ3v) is 3.12. The van der Waals surface area contributed by atoms with E-state index in [1.54, 1.807) is 0 Å². The Morgan fingerprint density at radius 1 is 0.727 bits per heavy atom. The Balaban J connectivity index is 3.94.